The van der Waals surface area contributed by atoms with Crippen LogP contribution < -0.4 is 4.74 Å². The third-order valence-electron chi connectivity index (χ3n) is 5.81. The maximum atomic E-state index is 11.4. The van der Waals surface area contributed by atoms with Gasteiger partial charge in [0.2, 0.25) is 11.7 Å². The molecule has 1 unspecified atom stereocenters. The fourth-order valence-corrected chi connectivity index (χ4v) is 4.09. The Labute approximate surface area is 182 Å². The van der Waals surface area contributed by atoms with Crippen molar-refractivity contribution in [3.05, 3.63) is 42.3 Å². The minimum absolute atomic E-state index is 0.359. The number of benzene rings is 2. The van der Waals surface area contributed by atoms with Crippen LogP contribution in [-0.2, 0) is 0 Å². The monoisotopic (exact) mass is 423 g/mol. The third kappa shape index (κ3) is 4.98. The predicted molar refractivity (Wildman–Crippen MR) is 118 cm³/mol. The first-order valence-corrected chi connectivity index (χ1v) is 11.2. The Bertz CT molecular complexity index is 1030. The lowest BCUT2D eigenvalue weighted by Gasteiger charge is -2.17. The van der Waals surface area contributed by atoms with Gasteiger partial charge in [0.05, 0.1) is 6.61 Å². The average molecular weight is 424 g/mol. The summed E-state index contributed by atoms with van der Waals surface area (Å²) in [5, 5.41) is 15.6. The van der Waals surface area contributed by atoms with Gasteiger partial charge in [-0.05, 0) is 48.2 Å². The minimum atomic E-state index is -0.952. The van der Waals surface area contributed by atoms with Crippen LogP contribution in [0, 0.1) is 0 Å². The molecule has 3 aromatic rings. The van der Waals surface area contributed by atoms with E-state index in [4.69, 9.17) is 9.26 Å². The van der Waals surface area contributed by atoms with Crippen molar-refractivity contribution in [2.75, 3.05) is 13.2 Å². The molecule has 0 radical (unpaired) electrons. The van der Waals surface area contributed by atoms with E-state index in [1.54, 1.807) is 0 Å². The number of aromatic nitrogens is 2. The number of amides is 1. The van der Waals surface area contributed by atoms with Gasteiger partial charge >= 0.3 is 6.09 Å². The highest BCUT2D eigenvalue weighted by atomic mass is 16.5. The molecular formula is C24H29N3O4. The van der Waals surface area contributed by atoms with Gasteiger partial charge in [0.15, 0.2) is 0 Å². The molecule has 0 saturated carbocycles. The molecule has 7 nitrogen and oxygen atoms in total. The van der Waals surface area contributed by atoms with Crippen LogP contribution in [0.1, 0.15) is 63.8 Å². The Morgan fingerprint density at radius 1 is 1.16 bits per heavy atom. The lowest BCUT2D eigenvalue weighted by atomic mass is 10.1. The van der Waals surface area contributed by atoms with Crippen molar-refractivity contribution < 1.29 is 19.2 Å². The van der Waals surface area contributed by atoms with Gasteiger partial charge in [0.25, 0.3) is 0 Å². The van der Waals surface area contributed by atoms with Crippen LogP contribution in [0.5, 0.6) is 5.75 Å². The molecule has 4 rings (SSSR count). The van der Waals surface area contributed by atoms with E-state index < -0.39 is 6.09 Å². The second kappa shape index (κ2) is 9.81. The number of ether oxygens (including phenoxy) is 1. The van der Waals surface area contributed by atoms with Crippen molar-refractivity contribution in [2.24, 2.45) is 0 Å². The summed E-state index contributed by atoms with van der Waals surface area (Å²) < 4.78 is 11.3. The zero-order valence-electron chi connectivity index (χ0n) is 17.9. The summed E-state index contributed by atoms with van der Waals surface area (Å²) in [6.07, 6.45) is 6.65. The van der Waals surface area contributed by atoms with Gasteiger partial charge in [-0.25, -0.2) is 4.79 Å². The number of hydrogen-bond acceptors (Lipinski definition) is 5. The van der Waals surface area contributed by atoms with Crippen LogP contribution in [0.25, 0.3) is 22.2 Å². The summed E-state index contributed by atoms with van der Waals surface area (Å²) in [6.45, 7) is 3.46. The number of carbonyl (C=O) groups is 1. The summed E-state index contributed by atoms with van der Waals surface area (Å²) in [5.74, 6) is 1.71. The molecule has 1 N–H and O–H groups in total. The number of hydrogen-bond donors (Lipinski definition) is 1. The summed E-state index contributed by atoms with van der Waals surface area (Å²) in [5.41, 5.74) is 0.840. The molecule has 1 aliphatic rings. The summed E-state index contributed by atoms with van der Waals surface area (Å²) >= 11 is 0. The van der Waals surface area contributed by atoms with E-state index in [2.05, 4.69) is 23.1 Å². The molecule has 0 bridgehead atoms. The molecule has 1 fully saturated rings. The van der Waals surface area contributed by atoms with Crippen molar-refractivity contribution in [3.8, 4) is 17.1 Å². The maximum Gasteiger partial charge on any atom is 0.407 e. The number of rotatable bonds is 9. The summed E-state index contributed by atoms with van der Waals surface area (Å²) in [7, 11) is 0. The molecule has 1 aromatic heterocycles. The first-order chi connectivity index (χ1) is 15.2. The topological polar surface area (TPSA) is 88.7 Å². The van der Waals surface area contributed by atoms with Gasteiger partial charge < -0.3 is 14.4 Å². The molecule has 1 amide bonds. The average Bonchev–Trinajstić information content (AvgIpc) is 3.45. The van der Waals surface area contributed by atoms with E-state index in [0.29, 0.717) is 24.7 Å². The highest BCUT2D eigenvalue weighted by Gasteiger charge is 2.34. The molecule has 2 aromatic carbocycles. The number of fused-ring (bicyclic) bond motifs is 1. The van der Waals surface area contributed by atoms with Crippen molar-refractivity contribution in [3.63, 3.8) is 0 Å². The first-order valence-electron chi connectivity index (χ1n) is 11.2. The van der Waals surface area contributed by atoms with E-state index >= 15 is 0 Å². The van der Waals surface area contributed by atoms with Crippen LogP contribution in [0.4, 0.5) is 4.79 Å². The number of carboxylic acid groups (broad SMARTS) is 1. The van der Waals surface area contributed by atoms with E-state index in [9.17, 15) is 9.90 Å². The van der Waals surface area contributed by atoms with E-state index in [1.165, 1.54) is 30.6 Å². The molecule has 7 heteroatoms. The summed E-state index contributed by atoms with van der Waals surface area (Å²) in [6, 6.07) is 11.7. The van der Waals surface area contributed by atoms with Crippen LogP contribution in [0.3, 0.4) is 0 Å². The highest BCUT2D eigenvalue weighted by molar-refractivity contribution is 5.87. The standard InChI is InChI=1S/C24H29N3O4/c1-2-3-4-5-6-14-30-20-12-11-17-15-19(10-9-18(17)16-20)22-25-23(31-26-22)21-8-7-13-27(21)24(28)29/h9-12,15-16,21H,2-8,13-14H2,1H3,(H,28,29). The van der Waals surface area contributed by atoms with Crippen LogP contribution in [0.15, 0.2) is 40.9 Å². The van der Waals surface area contributed by atoms with E-state index in [0.717, 1.165) is 41.5 Å². The zero-order valence-corrected chi connectivity index (χ0v) is 17.9. The van der Waals surface area contributed by atoms with Crippen molar-refractivity contribution in [2.45, 2.75) is 57.9 Å². The van der Waals surface area contributed by atoms with Gasteiger partial charge in [-0.1, -0.05) is 56.0 Å². The Morgan fingerprint density at radius 2 is 1.97 bits per heavy atom. The van der Waals surface area contributed by atoms with Crippen LogP contribution >= 0.6 is 0 Å². The lowest BCUT2D eigenvalue weighted by molar-refractivity contribution is 0.131. The van der Waals surface area contributed by atoms with E-state index in [-0.39, 0.29) is 6.04 Å². The predicted octanol–water partition coefficient (Wildman–Crippen LogP) is 6.05. The normalized spacial score (nSPS) is 16.2. The third-order valence-corrected chi connectivity index (χ3v) is 5.81. The molecule has 0 spiro atoms. The quantitative estimate of drug-likeness (QED) is 0.421. The SMILES string of the molecule is CCCCCCCOc1ccc2cc(-c3noc(C4CCCN4C(=O)O)n3)ccc2c1. The van der Waals surface area contributed by atoms with Gasteiger partial charge in [-0.2, -0.15) is 4.98 Å². The second-order valence-corrected chi connectivity index (χ2v) is 8.08. The van der Waals surface area contributed by atoms with Gasteiger partial charge in [0.1, 0.15) is 11.8 Å². The van der Waals surface area contributed by atoms with Crippen molar-refractivity contribution in [1.82, 2.24) is 15.0 Å². The smallest absolute Gasteiger partial charge is 0.407 e. The van der Waals surface area contributed by atoms with Crippen LogP contribution in [-0.4, -0.2) is 39.4 Å². The first kappa shape index (κ1) is 21.2. The highest BCUT2D eigenvalue weighted by Crippen LogP contribution is 2.32. The molecule has 2 heterocycles. The Morgan fingerprint density at radius 3 is 2.81 bits per heavy atom. The van der Waals surface area contributed by atoms with Crippen LogP contribution in [0.2, 0.25) is 0 Å². The molecular weight excluding hydrogens is 394 g/mol. The molecule has 1 atom stereocenters. The summed E-state index contributed by atoms with van der Waals surface area (Å²) in [4.78, 5) is 17.2. The maximum absolute atomic E-state index is 11.4. The number of likely N-dealkylation sites (tertiary alicyclic amines) is 1. The molecule has 164 valence electrons. The molecule has 0 aliphatic carbocycles. The van der Waals surface area contributed by atoms with E-state index in [1.807, 2.05) is 30.3 Å². The largest absolute Gasteiger partial charge is 0.494 e. The van der Waals surface area contributed by atoms with Gasteiger partial charge in [-0.3, -0.25) is 4.90 Å². The Kier molecular flexibility index (Phi) is 6.70. The Hall–Kier alpha value is -3.09. The molecule has 1 saturated heterocycles. The van der Waals surface area contributed by atoms with Gasteiger partial charge in [0, 0.05) is 12.1 Å². The van der Waals surface area contributed by atoms with Crippen molar-refractivity contribution in [1.29, 1.82) is 0 Å². The zero-order chi connectivity index (χ0) is 21.6. The molecule has 1 aliphatic heterocycles. The minimum Gasteiger partial charge on any atom is -0.494 e. The fourth-order valence-electron chi connectivity index (χ4n) is 4.09. The lowest BCUT2D eigenvalue weighted by Crippen LogP contribution is -2.28. The Balaban J connectivity index is 1.43. The van der Waals surface area contributed by atoms with Gasteiger partial charge in [-0.15, -0.1) is 0 Å². The number of unbranched alkanes of at least 4 members (excludes halogenated alkanes) is 4. The molecule has 31 heavy (non-hydrogen) atoms. The number of nitrogens with zero attached hydrogens (tertiary/aromatic N) is 3. The second-order valence-electron chi connectivity index (χ2n) is 8.08. The van der Waals surface area contributed by atoms with Crippen molar-refractivity contribution >= 4 is 16.9 Å². The fraction of sp³-hybridized carbons (Fsp3) is 0.458.